The van der Waals surface area contributed by atoms with Crippen LogP contribution in [-0.4, -0.2) is 22.8 Å². The molecule has 1 aliphatic heterocycles. The highest BCUT2D eigenvalue weighted by Crippen LogP contribution is 2.40. The number of Topliss-reactive ketones (excluding diaryl/α,β-unsaturated/α-hetero) is 2. The van der Waals surface area contributed by atoms with E-state index in [0.717, 1.165) is 22.3 Å². The van der Waals surface area contributed by atoms with E-state index in [9.17, 15) is 9.59 Å². The summed E-state index contributed by atoms with van der Waals surface area (Å²) in [7, 11) is 0. The van der Waals surface area contributed by atoms with Crippen molar-refractivity contribution in [2.75, 3.05) is 0 Å². The van der Waals surface area contributed by atoms with Crippen LogP contribution < -0.4 is 0 Å². The quantitative estimate of drug-likeness (QED) is 0.732. The summed E-state index contributed by atoms with van der Waals surface area (Å²) in [5.74, 6) is -1.14. The Labute approximate surface area is 155 Å². The summed E-state index contributed by atoms with van der Waals surface area (Å²) in [5.41, 5.74) is 3.02. The molecule has 136 valence electrons. The van der Waals surface area contributed by atoms with Gasteiger partial charge in [-0.2, -0.15) is 0 Å². The van der Waals surface area contributed by atoms with Crippen molar-refractivity contribution in [1.82, 2.24) is 0 Å². The minimum atomic E-state index is -0.992. The third-order valence-electron chi connectivity index (χ3n) is 5.20. The van der Waals surface area contributed by atoms with E-state index in [2.05, 4.69) is 24.3 Å². The maximum atomic E-state index is 13.0. The Balaban J connectivity index is 2.13. The van der Waals surface area contributed by atoms with Crippen molar-refractivity contribution in [2.45, 2.75) is 58.7 Å². The van der Waals surface area contributed by atoms with Gasteiger partial charge < -0.3 is 4.74 Å². The van der Waals surface area contributed by atoms with E-state index in [0.29, 0.717) is 0 Å². The number of carbonyl (C=O) groups is 2. The largest absolute Gasteiger partial charge is 0.354 e. The summed E-state index contributed by atoms with van der Waals surface area (Å²) in [5, 5.41) is 0. The van der Waals surface area contributed by atoms with Crippen LogP contribution in [0.3, 0.4) is 0 Å². The highest BCUT2D eigenvalue weighted by Gasteiger charge is 2.53. The molecular weight excluding hydrogens is 324 g/mol. The Hall–Kier alpha value is -2.26. The van der Waals surface area contributed by atoms with Crippen molar-refractivity contribution in [1.29, 1.82) is 0 Å². The third-order valence-corrected chi connectivity index (χ3v) is 5.20. The zero-order valence-electron chi connectivity index (χ0n) is 16.3. The first kappa shape index (κ1) is 18.5. The van der Waals surface area contributed by atoms with E-state index in [-0.39, 0.29) is 11.6 Å². The Bertz CT molecular complexity index is 847. The summed E-state index contributed by atoms with van der Waals surface area (Å²) in [6, 6.07) is 14.3. The number of ketones is 2. The standard InChI is InChI=1S/C23H26O3/c1-14-7-10-16(11-8-14)17-12-9-15(2)18(13-17)19-20(24)22(3,4)26-23(5,6)21(19)25/h7-13,19H,1-6H3. The van der Waals surface area contributed by atoms with Gasteiger partial charge in [0.25, 0.3) is 0 Å². The second-order valence-electron chi connectivity index (χ2n) is 8.22. The predicted molar refractivity (Wildman–Crippen MR) is 103 cm³/mol. The van der Waals surface area contributed by atoms with Crippen LogP contribution in [0.25, 0.3) is 11.1 Å². The van der Waals surface area contributed by atoms with Gasteiger partial charge in [-0.25, -0.2) is 0 Å². The fourth-order valence-corrected chi connectivity index (χ4v) is 3.71. The Morgan fingerprint density at radius 1 is 0.769 bits per heavy atom. The molecule has 0 atom stereocenters. The van der Waals surface area contributed by atoms with Crippen LogP contribution in [-0.2, 0) is 14.3 Å². The van der Waals surface area contributed by atoms with Crippen LogP contribution >= 0.6 is 0 Å². The second kappa shape index (κ2) is 6.17. The van der Waals surface area contributed by atoms with Gasteiger partial charge in [0, 0.05) is 0 Å². The summed E-state index contributed by atoms with van der Waals surface area (Å²) in [6.07, 6.45) is 0. The molecular formula is C23H26O3. The second-order valence-corrected chi connectivity index (χ2v) is 8.22. The first-order chi connectivity index (χ1) is 12.0. The monoisotopic (exact) mass is 350 g/mol. The van der Waals surface area contributed by atoms with Gasteiger partial charge in [0.05, 0.1) is 0 Å². The van der Waals surface area contributed by atoms with Crippen LogP contribution in [0.2, 0.25) is 0 Å². The molecule has 0 spiro atoms. The van der Waals surface area contributed by atoms with Gasteiger partial charge in [-0.15, -0.1) is 0 Å². The minimum absolute atomic E-state index is 0.175. The third kappa shape index (κ3) is 3.12. The average molecular weight is 350 g/mol. The molecule has 0 amide bonds. The smallest absolute Gasteiger partial charge is 0.179 e. The predicted octanol–water partition coefficient (Wildman–Crippen LogP) is 4.78. The van der Waals surface area contributed by atoms with Gasteiger partial charge >= 0.3 is 0 Å². The van der Waals surface area contributed by atoms with Crippen molar-refractivity contribution >= 4 is 11.6 Å². The van der Waals surface area contributed by atoms with Gasteiger partial charge in [0.1, 0.15) is 17.1 Å². The molecule has 2 aromatic carbocycles. The number of hydrogen-bond acceptors (Lipinski definition) is 3. The van der Waals surface area contributed by atoms with E-state index in [4.69, 9.17) is 4.74 Å². The maximum absolute atomic E-state index is 13.0. The van der Waals surface area contributed by atoms with Crippen LogP contribution in [0.5, 0.6) is 0 Å². The molecule has 3 rings (SSSR count). The van der Waals surface area contributed by atoms with Crippen molar-refractivity contribution in [3.8, 4) is 11.1 Å². The van der Waals surface area contributed by atoms with E-state index in [1.54, 1.807) is 27.7 Å². The lowest BCUT2D eigenvalue weighted by Gasteiger charge is -2.43. The molecule has 3 heteroatoms. The Kier molecular flexibility index (Phi) is 4.40. The summed E-state index contributed by atoms with van der Waals surface area (Å²) < 4.78 is 5.81. The highest BCUT2D eigenvalue weighted by molar-refractivity contribution is 6.15. The maximum Gasteiger partial charge on any atom is 0.179 e. The fourth-order valence-electron chi connectivity index (χ4n) is 3.71. The number of ether oxygens (including phenoxy) is 1. The van der Waals surface area contributed by atoms with Crippen molar-refractivity contribution < 1.29 is 14.3 Å². The number of rotatable bonds is 2. The molecule has 0 unspecified atom stereocenters. The zero-order chi connectivity index (χ0) is 19.3. The molecule has 1 heterocycles. The van der Waals surface area contributed by atoms with Gasteiger partial charge in [-0.3, -0.25) is 9.59 Å². The molecule has 1 fully saturated rings. The summed E-state index contributed by atoms with van der Waals surface area (Å²) >= 11 is 0. The molecule has 0 N–H and O–H groups in total. The Morgan fingerprint density at radius 2 is 1.27 bits per heavy atom. The molecule has 1 aliphatic rings. The molecule has 0 radical (unpaired) electrons. The van der Waals surface area contributed by atoms with E-state index < -0.39 is 17.1 Å². The fraction of sp³-hybridized carbons (Fsp3) is 0.391. The first-order valence-corrected chi connectivity index (χ1v) is 8.99. The Morgan fingerprint density at radius 3 is 1.81 bits per heavy atom. The normalized spacial score (nSPS) is 19.6. The van der Waals surface area contributed by atoms with Gasteiger partial charge in [0.2, 0.25) is 0 Å². The van der Waals surface area contributed by atoms with Crippen LogP contribution in [0.1, 0.15) is 50.3 Å². The first-order valence-electron chi connectivity index (χ1n) is 8.99. The molecule has 0 bridgehead atoms. The minimum Gasteiger partial charge on any atom is -0.354 e. The summed E-state index contributed by atoms with van der Waals surface area (Å²) in [6.45, 7) is 11.0. The van der Waals surface area contributed by atoms with E-state index in [1.165, 1.54) is 5.56 Å². The molecule has 0 aliphatic carbocycles. The lowest BCUT2D eigenvalue weighted by atomic mass is 9.73. The van der Waals surface area contributed by atoms with Crippen LogP contribution in [0, 0.1) is 13.8 Å². The van der Waals surface area contributed by atoms with Gasteiger partial charge in [-0.05, 0) is 69.9 Å². The molecule has 2 aromatic rings. The van der Waals surface area contributed by atoms with E-state index >= 15 is 0 Å². The average Bonchev–Trinajstić information content (AvgIpc) is 2.55. The molecule has 0 saturated carbocycles. The number of carbonyl (C=O) groups excluding carboxylic acids is 2. The molecule has 1 saturated heterocycles. The number of hydrogen-bond donors (Lipinski definition) is 0. The van der Waals surface area contributed by atoms with Crippen molar-refractivity contribution in [3.05, 3.63) is 59.2 Å². The van der Waals surface area contributed by atoms with Crippen molar-refractivity contribution in [2.24, 2.45) is 0 Å². The SMILES string of the molecule is Cc1ccc(-c2ccc(C)c(C3C(=O)C(C)(C)OC(C)(C)C3=O)c2)cc1. The van der Waals surface area contributed by atoms with Crippen molar-refractivity contribution in [3.63, 3.8) is 0 Å². The lowest BCUT2D eigenvalue weighted by Crippen LogP contribution is -2.58. The highest BCUT2D eigenvalue weighted by atomic mass is 16.5. The van der Waals surface area contributed by atoms with Gasteiger partial charge in [-0.1, -0.05) is 42.0 Å². The van der Waals surface area contributed by atoms with Crippen LogP contribution in [0.15, 0.2) is 42.5 Å². The van der Waals surface area contributed by atoms with Gasteiger partial charge in [0.15, 0.2) is 11.6 Å². The van der Waals surface area contributed by atoms with Crippen LogP contribution in [0.4, 0.5) is 0 Å². The molecule has 26 heavy (non-hydrogen) atoms. The molecule has 0 aromatic heterocycles. The topological polar surface area (TPSA) is 43.4 Å². The number of aryl methyl sites for hydroxylation is 2. The number of benzene rings is 2. The zero-order valence-corrected chi connectivity index (χ0v) is 16.3. The van der Waals surface area contributed by atoms with E-state index in [1.807, 2.05) is 32.0 Å². The lowest BCUT2D eigenvalue weighted by molar-refractivity contribution is -0.184. The molecule has 3 nitrogen and oxygen atoms in total. The summed E-state index contributed by atoms with van der Waals surface area (Å²) in [4.78, 5) is 26.1.